The number of sulfonamides is 1. The maximum atomic E-state index is 11.9. The molecule has 0 saturated heterocycles. The molecule has 0 saturated carbocycles. The fourth-order valence-corrected chi connectivity index (χ4v) is 3.27. The van der Waals surface area contributed by atoms with Gasteiger partial charge in [-0.2, -0.15) is 0 Å². The van der Waals surface area contributed by atoms with Crippen molar-refractivity contribution in [3.63, 3.8) is 0 Å². The molecule has 1 rings (SSSR count). The Balaban J connectivity index is 2.89. The minimum absolute atomic E-state index is 0.0260. The molecule has 0 aliphatic heterocycles. The smallest absolute Gasteiger partial charge is 0.242 e. The van der Waals surface area contributed by atoms with E-state index < -0.39 is 10.0 Å². The molecule has 0 bridgehead atoms. The van der Waals surface area contributed by atoms with Crippen molar-refractivity contribution in [3.8, 4) is 0 Å². The van der Waals surface area contributed by atoms with E-state index in [-0.39, 0.29) is 26.5 Å². The molecule has 0 heterocycles. The first kappa shape index (κ1) is 16.0. The van der Waals surface area contributed by atoms with E-state index in [1.54, 1.807) is 7.11 Å². The van der Waals surface area contributed by atoms with Crippen LogP contribution in [0.15, 0.2) is 17.0 Å². The van der Waals surface area contributed by atoms with E-state index in [9.17, 15) is 8.42 Å². The van der Waals surface area contributed by atoms with Crippen molar-refractivity contribution in [2.45, 2.75) is 11.3 Å². The van der Waals surface area contributed by atoms with Crippen LogP contribution in [0.5, 0.6) is 0 Å². The van der Waals surface area contributed by atoms with E-state index in [1.165, 1.54) is 12.1 Å². The molecule has 0 amide bonds. The first-order chi connectivity index (χ1) is 8.40. The van der Waals surface area contributed by atoms with Crippen LogP contribution in [0.4, 0.5) is 0 Å². The molecule has 0 radical (unpaired) electrons. The standard InChI is InChI=1S/C10H12Cl3NO3S/c1-17-6-2-5-14-18(15,16)8-4-3-7(11)9(12)10(8)13/h3-4,14H,2,5-6H2,1H3. The molecule has 1 aromatic rings. The maximum absolute atomic E-state index is 11.9. The summed E-state index contributed by atoms with van der Waals surface area (Å²) < 4.78 is 31.1. The summed E-state index contributed by atoms with van der Waals surface area (Å²) in [6.45, 7) is 0.727. The quantitative estimate of drug-likeness (QED) is 0.643. The zero-order chi connectivity index (χ0) is 13.8. The lowest BCUT2D eigenvalue weighted by atomic mass is 10.4. The molecular weight excluding hydrogens is 321 g/mol. The van der Waals surface area contributed by atoms with E-state index in [0.29, 0.717) is 13.0 Å². The number of methoxy groups -OCH3 is 1. The minimum atomic E-state index is -3.69. The van der Waals surface area contributed by atoms with E-state index in [4.69, 9.17) is 39.5 Å². The lowest BCUT2D eigenvalue weighted by Gasteiger charge is -2.09. The second kappa shape index (κ2) is 6.93. The zero-order valence-corrected chi connectivity index (χ0v) is 12.6. The van der Waals surface area contributed by atoms with Gasteiger partial charge in [0.2, 0.25) is 10.0 Å². The highest BCUT2D eigenvalue weighted by molar-refractivity contribution is 7.89. The summed E-state index contributed by atoms with van der Waals surface area (Å²) in [5.41, 5.74) is 0. The molecule has 0 aliphatic carbocycles. The SMILES string of the molecule is COCCCNS(=O)(=O)c1ccc(Cl)c(Cl)c1Cl. The summed E-state index contributed by atoms with van der Waals surface area (Å²) >= 11 is 17.4. The molecule has 0 atom stereocenters. The average molecular weight is 333 g/mol. The van der Waals surface area contributed by atoms with Crippen molar-refractivity contribution in [2.75, 3.05) is 20.3 Å². The van der Waals surface area contributed by atoms with Gasteiger partial charge in [0.15, 0.2) is 0 Å². The fourth-order valence-electron chi connectivity index (χ4n) is 1.22. The summed E-state index contributed by atoms with van der Waals surface area (Å²) in [6.07, 6.45) is 0.564. The molecule has 0 fully saturated rings. The van der Waals surface area contributed by atoms with Gasteiger partial charge in [-0.25, -0.2) is 13.1 Å². The predicted molar refractivity (Wildman–Crippen MR) is 73.2 cm³/mol. The summed E-state index contributed by atoms with van der Waals surface area (Å²) in [7, 11) is -2.15. The Hall–Kier alpha value is -0.0400. The highest BCUT2D eigenvalue weighted by Gasteiger charge is 2.20. The van der Waals surface area contributed by atoms with Crippen molar-refractivity contribution in [1.29, 1.82) is 0 Å². The van der Waals surface area contributed by atoms with Gasteiger partial charge in [-0.1, -0.05) is 34.8 Å². The number of hydrogen-bond acceptors (Lipinski definition) is 3. The number of ether oxygens (including phenoxy) is 1. The Bertz CT molecular complexity index is 519. The minimum Gasteiger partial charge on any atom is -0.385 e. The van der Waals surface area contributed by atoms with Crippen LogP contribution in [0.2, 0.25) is 15.1 Å². The van der Waals surface area contributed by atoms with Gasteiger partial charge in [0.1, 0.15) is 4.90 Å². The third-order valence-corrected chi connectivity index (χ3v) is 5.02. The molecule has 0 aliphatic rings. The first-order valence-corrected chi connectivity index (χ1v) is 7.64. The average Bonchev–Trinajstić information content (AvgIpc) is 2.31. The van der Waals surface area contributed by atoms with Crippen LogP contribution >= 0.6 is 34.8 Å². The maximum Gasteiger partial charge on any atom is 0.242 e. The molecule has 102 valence electrons. The van der Waals surface area contributed by atoms with Crippen LogP contribution in [-0.4, -0.2) is 28.7 Å². The van der Waals surface area contributed by atoms with E-state index in [0.717, 1.165) is 0 Å². The number of benzene rings is 1. The Morgan fingerprint density at radius 1 is 1.22 bits per heavy atom. The van der Waals surface area contributed by atoms with Crippen LogP contribution in [0.1, 0.15) is 6.42 Å². The summed E-state index contributed by atoms with van der Waals surface area (Å²) in [5, 5.41) is 0.154. The summed E-state index contributed by atoms with van der Waals surface area (Å²) in [5.74, 6) is 0. The molecule has 1 aromatic carbocycles. The lowest BCUT2D eigenvalue weighted by molar-refractivity contribution is 0.196. The Morgan fingerprint density at radius 3 is 2.50 bits per heavy atom. The van der Waals surface area contributed by atoms with E-state index >= 15 is 0 Å². The number of hydrogen-bond donors (Lipinski definition) is 1. The second-order valence-corrected chi connectivity index (χ2v) is 6.32. The molecular formula is C10H12Cl3NO3S. The van der Waals surface area contributed by atoms with Crippen LogP contribution < -0.4 is 4.72 Å². The zero-order valence-electron chi connectivity index (χ0n) is 9.54. The van der Waals surface area contributed by atoms with Crippen molar-refractivity contribution in [3.05, 3.63) is 27.2 Å². The second-order valence-electron chi connectivity index (χ2n) is 3.42. The number of halogens is 3. The topological polar surface area (TPSA) is 55.4 Å². The normalized spacial score (nSPS) is 11.8. The first-order valence-electron chi connectivity index (χ1n) is 5.02. The van der Waals surface area contributed by atoms with E-state index in [2.05, 4.69) is 4.72 Å². The van der Waals surface area contributed by atoms with Crippen LogP contribution in [-0.2, 0) is 14.8 Å². The Kier molecular flexibility index (Phi) is 6.17. The summed E-state index contributed by atoms with van der Waals surface area (Å²) in [4.78, 5) is -0.0871. The van der Waals surface area contributed by atoms with Crippen LogP contribution in [0, 0.1) is 0 Å². The van der Waals surface area contributed by atoms with Crippen molar-refractivity contribution in [2.24, 2.45) is 0 Å². The highest BCUT2D eigenvalue weighted by atomic mass is 35.5. The van der Waals surface area contributed by atoms with Gasteiger partial charge in [0, 0.05) is 20.3 Å². The van der Waals surface area contributed by atoms with Gasteiger partial charge >= 0.3 is 0 Å². The predicted octanol–water partition coefficient (Wildman–Crippen LogP) is 2.96. The van der Waals surface area contributed by atoms with Gasteiger partial charge in [-0.3, -0.25) is 0 Å². The van der Waals surface area contributed by atoms with Gasteiger partial charge in [-0.15, -0.1) is 0 Å². The van der Waals surface area contributed by atoms with Gasteiger partial charge < -0.3 is 4.74 Å². The van der Waals surface area contributed by atoms with Crippen LogP contribution in [0.3, 0.4) is 0 Å². The third-order valence-electron chi connectivity index (χ3n) is 2.11. The summed E-state index contributed by atoms with van der Waals surface area (Å²) in [6, 6.07) is 2.70. The number of nitrogens with one attached hydrogen (secondary N) is 1. The Morgan fingerprint density at radius 2 is 1.89 bits per heavy atom. The molecule has 8 heteroatoms. The Labute approximate surface area is 121 Å². The molecule has 0 unspecified atom stereocenters. The molecule has 0 aromatic heterocycles. The largest absolute Gasteiger partial charge is 0.385 e. The van der Waals surface area contributed by atoms with Gasteiger partial charge in [0.05, 0.1) is 15.1 Å². The molecule has 4 nitrogen and oxygen atoms in total. The fraction of sp³-hybridized carbons (Fsp3) is 0.400. The van der Waals surface area contributed by atoms with E-state index in [1.807, 2.05) is 0 Å². The van der Waals surface area contributed by atoms with Crippen LogP contribution in [0.25, 0.3) is 0 Å². The van der Waals surface area contributed by atoms with Crippen molar-refractivity contribution in [1.82, 2.24) is 4.72 Å². The highest BCUT2D eigenvalue weighted by Crippen LogP contribution is 2.34. The van der Waals surface area contributed by atoms with Crippen molar-refractivity contribution >= 4 is 44.8 Å². The van der Waals surface area contributed by atoms with Crippen molar-refractivity contribution < 1.29 is 13.2 Å². The lowest BCUT2D eigenvalue weighted by Crippen LogP contribution is -2.25. The monoisotopic (exact) mass is 331 g/mol. The molecule has 18 heavy (non-hydrogen) atoms. The number of rotatable bonds is 6. The molecule has 1 N–H and O–H groups in total. The molecule has 0 spiro atoms. The van der Waals surface area contributed by atoms with Gasteiger partial charge in [0.25, 0.3) is 0 Å². The van der Waals surface area contributed by atoms with Gasteiger partial charge in [-0.05, 0) is 18.6 Å². The third kappa shape index (κ3) is 3.98.